The van der Waals surface area contributed by atoms with E-state index >= 15 is 0 Å². The number of para-hydroxylation sites is 1. The van der Waals surface area contributed by atoms with E-state index in [9.17, 15) is 14.0 Å². The van der Waals surface area contributed by atoms with Crippen LogP contribution in [0.4, 0.5) is 10.1 Å². The number of benzene rings is 3. The average molecular weight is 405 g/mol. The molecule has 3 aromatic carbocycles. The molecule has 0 atom stereocenters. The average Bonchev–Trinajstić information content (AvgIpc) is 2.99. The van der Waals surface area contributed by atoms with Crippen molar-refractivity contribution in [3.63, 3.8) is 0 Å². The van der Waals surface area contributed by atoms with E-state index in [-0.39, 0.29) is 16.2 Å². The van der Waals surface area contributed by atoms with Gasteiger partial charge >= 0.3 is 0 Å². The number of imide groups is 1. The fourth-order valence-electron chi connectivity index (χ4n) is 3.07. The maximum Gasteiger partial charge on any atom is 0.273 e. The fourth-order valence-corrected chi connectivity index (χ4v) is 4.09. The van der Waals surface area contributed by atoms with Gasteiger partial charge in [0.2, 0.25) is 0 Å². The summed E-state index contributed by atoms with van der Waals surface area (Å²) in [6.07, 6.45) is 0. The van der Waals surface area contributed by atoms with Crippen molar-refractivity contribution >= 4 is 34.8 Å². The van der Waals surface area contributed by atoms with Crippen LogP contribution in [0.5, 0.6) is 5.75 Å². The second-order valence-corrected chi connectivity index (χ2v) is 7.33. The molecule has 1 aliphatic rings. The van der Waals surface area contributed by atoms with Gasteiger partial charge < -0.3 is 4.74 Å². The largest absolute Gasteiger partial charge is 0.497 e. The highest BCUT2D eigenvalue weighted by molar-refractivity contribution is 8.04. The monoisotopic (exact) mass is 405 g/mol. The molecular formula is C23H16FNO3S. The van der Waals surface area contributed by atoms with Crippen molar-refractivity contribution in [3.8, 4) is 5.75 Å². The number of carbonyl (C=O) groups is 2. The summed E-state index contributed by atoms with van der Waals surface area (Å²) >= 11 is 1.19. The predicted octanol–water partition coefficient (Wildman–Crippen LogP) is 4.91. The van der Waals surface area contributed by atoms with Crippen molar-refractivity contribution in [1.29, 1.82) is 0 Å². The Balaban J connectivity index is 1.83. The van der Waals surface area contributed by atoms with E-state index in [2.05, 4.69) is 0 Å². The molecule has 6 heteroatoms. The smallest absolute Gasteiger partial charge is 0.273 e. The first kappa shape index (κ1) is 19.0. The van der Waals surface area contributed by atoms with Crippen LogP contribution in [0.25, 0.3) is 5.57 Å². The lowest BCUT2D eigenvalue weighted by Gasteiger charge is -2.15. The molecule has 0 aromatic heterocycles. The molecular weight excluding hydrogens is 389 g/mol. The molecule has 3 aromatic rings. The van der Waals surface area contributed by atoms with Crippen molar-refractivity contribution in [3.05, 3.63) is 95.1 Å². The third-order valence-corrected chi connectivity index (χ3v) is 5.57. The number of thioether (sulfide) groups is 1. The topological polar surface area (TPSA) is 46.6 Å². The summed E-state index contributed by atoms with van der Waals surface area (Å²) < 4.78 is 19.6. The molecule has 0 aliphatic carbocycles. The van der Waals surface area contributed by atoms with Gasteiger partial charge in [0, 0.05) is 4.90 Å². The molecule has 2 amide bonds. The minimum absolute atomic E-state index is 0.0582. The Hall–Kier alpha value is -3.38. The molecule has 0 spiro atoms. The van der Waals surface area contributed by atoms with Crippen LogP contribution in [-0.4, -0.2) is 18.9 Å². The summed E-state index contributed by atoms with van der Waals surface area (Å²) in [5.74, 6) is -1.09. The number of halogens is 1. The maximum atomic E-state index is 14.4. The molecule has 0 saturated heterocycles. The van der Waals surface area contributed by atoms with Gasteiger partial charge in [-0.05, 0) is 42.0 Å². The van der Waals surface area contributed by atoms with E-state index in [0.717, 1.165) is 9.80 Å². The predicted molar refractivity (Wildman–Crippen MR) is 111 cm³/mol. The highest BCUT2D eigenvalue weighted by Crippen LogP contribution is 2.42. The Bertz CT molecular complexity index is 1110. The molecule has 4 rings (SSSR count). The van der Waals surface area contributed by atoms with E-state index in [0.29, 0.717) is 11.3 Å². The van der Waals surface area contributed by atoms with Crippen LogP contribution >= 0.6 is 11.8 Å². The van der Waals surface area contributed by atoms with Crippen LogP contribution in [0.1, 0.15) is 5.56 Å². The molecule has 29 heavy (non-hydrogen) atoms. The van der Waals surface area contributed by atoms with Crippen LogP contribution in [0.3, 0.4) is 0 Å². The Labute approximate surface area is 171 Å². The fraction of sp³-hybridized carbons (Fsp3) is 0.0435. The number of rotatable bonds is 5. The van der Waals surface area contributed by atoms with Gasteiger partial charge in [0.05, 0.1) is 23.3 Å². The first-order valence-electron chi connectivity index (χ1n) is 8.85. The zero-order valence-corrected chi connectivity index (χ0v) is 16.3. The van der Waals surface area contributed by atoms with Crippen LogP contribution in [0.15, 0.2) is 88.7 Å². The molecule has 0 radical (unpaired) electrons. The number of amides is 2. The molecule has 0 bridgehead atoms. The molecule has 1 heterocycles. The van der Waals surface area contributed by atoms with Crippen molar-refractivity contribution in [2.24, 2.45) is 0 Å². The highest BCUT2D eigenvalue weighted by atomic mass is 32.2. The lowest BCUT2D eigenvalue weighted by molar-refractivity contribution is -0.119. The molecule has 0 unspecified atom stereocenters. The molecule has 4 nitrogen and oxygen atoms in total. The normalized spacial score (nSPS) is 13.9. The van der Waals surface area contributed by atoms with Crippen molar-refractivity contribution < 1.29 is 18.7 Å². The number of hydrogen-bond donors (Lipinski definition) is 0. The SMILES string of the molecule is COc1ccc(C2=C(Sc3ccccc3)C(=O)N(c3ccccc3F)C2=O)cc1. The van der Waals surface area contributed by atoms with E-state index in [1.807, 2.05) is 30.3 Å². The number of ether oxygens (including phenoxy) is 1. The maximum absolute atomic E-state index is 14.4. The van der Waals surface area contributed by atoms with Crippen LogP contribution in [0.2, 0.25) is 0 Å². The van der Waals surface area contributed by atoms with E-state index in [1.54, 1.807) is 37.4 Å². The van der Waals surface area contributed by atoms with Gasteiger partial charge in [0.25, 0.3) is 11.8 Å². The summed E-state index contributed by atoms with van der Waals surface area (Å²) in [6, 6.07) is 21.9. The molecule has 0 fully saturated rings. The standard InChI is InChI=1S/C23H16FNO3S/c1-28-16-13-11-15(12-14-16)20-21(29-17-7-3-2-4-8-17)23(27)25(22(20)26)19-10-6-5-9-18(19)24/h2-14H,1H3. The van der Waals surface area contributed by atoms with Crippen LogP contribution < -0.4 is 9.64 Å². The number of methoxy groups -OCH3 is 1. The van der Waals surface area contributed by atoms with Crippen LogP contribution in [-0.2, 0) is 9.59 Å². The summed E-state index contributed by atoms with van der Waals surface area (Å²) in [7, 11) is 1.55. The van der Waals surface area contributed by atoms with Gasteiger partial charge in [-0.2, -0.15) is 0 Å². The van der Waals surface area contributed by atoms with Gasteiger partial charge in [-0.15, -0.1) is 0 Å². The van der Waals surface area contributed by atoms with E-state index in [1.165, 1.54) is 30.0 Å². The van der Waals surface area contributed by atoms with E-state index in [4.69, 9.17) is 4.74 Å². The lowest BCUT2D eigenvalue weighted by atomic mass is 10.1. The number of anilines is 1. The minimum atomic E-state index is -0.630. The van der Waals surface area contributed by atoms with Gasteiger partial charge in [-0.25, -0.2) is 9.29 Å². The van der Waals surface area contributed by atoms with Gasteiger partial charge in [-0.1, -0.05) is 54.2 Å². The first-order chi connectivity index (χ1) is 14.1. The zero-order valence-electron chi connectivity index (χ0n) is 15.5. The van der Waals surface area contributed by atoms with Gasteiger partial charge in [-0.3, -0.25) is 9.59 Å². The quantitative estimate of drug-likeness (QED) is 0.566. The number of nitrogens with zero attached hydrogens (tertiary/aromatic N) is 1. The number of hydrogen-bond acceptors (Lipinski definition) is 4. The Morgan fingerprint density at radius 1 is 0.828 bits per heavy atom. The summed E-state index contributed by atoms with van der Waals surface area (Å²) in [4.78, 5) is 28.4. The second-order valence-electron chi connectivity index (χ2n) is 6.24. The summed E-state index contributed by atoms with van der Waals surface area (Å²) in [6.45, 7) is 0. The number of carbonyl (C=O) groups excluding carboxylic acids is 2. The Morgan fingerprint density at radius 2 is 1.48 bits per heavy atom. The first-order valence-corrected chi connectivity index (χ1v) is 9.66. The Kier molecular flexibility index (Phi) is 5.18. The highest BCUT2D eigenvalue weighted by Gasteiger charge is 2.41. The van der Waals surface area contributed by atoms with Crippen LogP contribution in [0, 0.1) is 5.82 Å². The minimum Gasteiger partial charge on any atom is -0.497 e. The molecule has 0 N–H and O–H groups in total. The van der Waals surface area contributed by atoms with Crippen molar-refractivity contribution in [2.45, 2.75) is 4.90 Å². The second kappa shape index (κ2) is 7.93. The third-order valence-electron chi connectivity index (χ3n) is 4.48. The van der Waals surface area contributed by atoms with Crippen molar-refractivity contribution in [1.82, 2.24) is 0 Å². The molecule has 1 aliphatic heterocycles. The summed E-state index contributed by atoms with van der Waals surface area (Å²) in [5, 5.41) is 0. The Morgan fingerprint density at radius 3 is 2.14 bits per heavy atom. The zero-order chi connectivity index (χ0) is 20.4. The van der Waals surface area contributed by atoms with Gasteiger partial charge in [0.1, 0.15) is 11.6 Å². The van der Waals surface area contributed by atoms with Gasteiger partial charge in [0.15, 0.2) is 0 Å². The third kappa shape index (κ3) is 3.54. The molecule has 144 valence electrons. The molecule has 0 saturated carbocycles. The lowest BCUT2D eigenvalue weighted by Crippen LogP contribution is -2.32. The van der Waals surface area contributed by atoms with Crippen molar-refractivity contribution in [2.75, 3.05) is 12.0 Å². The van der Waals surface area contributed by atoms with E-state index < -0.39 is 17.6 Å². The summed E-state index contributed by atoms with van der Waals surface area (Å²) in [5.41, 5.74) is 0.758.